The molecule has 0 aliphatic heterocycles. The van der Waals surface area contributed by atoms with E-state index in [0.29, 0.717) is 12.8 Å². The Bertz CT molecular complexity index is 426. The van der Waals surface area contributed by atoms with E-state index in [0.717, 1.165) is 5.56 Å². The number of nitrogens with two attached hydrogens (primary N) is 1. The summed E-state index contributed by atoms with van der Waals surface area (Å²) >= 11 is 0. The lowest BCUT2D eigenvalue weighted by Crippen LogP contribution is -2.35. The molecule has 0 spiro atoms. The molecule has 5 heteroatoms. The number of hydrogen-bond donors (Lipinski definition) is 2. The van der Waals surface area contributed by atoms with Gasteiger partial charge in [-0.1, -0.05) is 35.0 Å². The first-order chi connectivity index (χ1) is 8.52. The van der Waals surface area contributed by atoms with Crippen molar-refractivity contribution >= 4 is 11.7 Å². The summed E-state index contributed by atoms with van der Waals surface area (Å²) in [6.07, 6.45) is 1.11. The van der Waals surface area contributed by atoms with Crippen LogP contribution < -0.4 is 5.73 Å². The normalized spacial score (nSPS) is 11.3. The smallest absolute Gasteiger partial charge is 0.223 e. The Morgan fingerprint density at radius 3 is 2.56 bits per heavy atom. The SMILES string of the molecule is Cc1ccc(CCC(=O)N(C)CC(N)=NO)cc1. The molecule has 0 saturated heterocycles. The number of oxime groups is 1. The lowest BCUT2D eigenvalue weighted by molar-refractivity contribution is -0.129. The summed E-state index contributed by atoms with van der Waals surface area (Å²) in [6, 6.07) is 8.10. The number of amides is 1. The van der Waals surface area contributed by atoms with Gasteiger partial charge < -0.3 is 15.8 Å². The van der Waals surface area contributed by atoms with E-state index in [2.05, 4.69) is 5.16 Å². The molecule has 0 bridgehead atoms. The molecule has 1 rings (SSSR count). The summed E-state index contributed by atoms with van der Waals surface area (Å²) in [5.74, 6) is 0.00311. The predicted octanol–water partition coefficient (Wildman–Crippen LogP) is 1.13. The number of carbonyl (C=O) groups is 1. The average molecular weight is 249 g/mol. The van der Waals surface area contributed by atoms with Crippen LogP contribution in [0, 0.1) is 6.92 Å². The molecule has 0 heterocycles. The summed E-state index contributed by atoms with van der Waals surface area (Å²) in [6.45, 7) is 2.17. The van der Waals surface area contributed by atoms with Gasteiger partial charge in [0.05, 0.1) is 6.54 Å². The quantitative estimate of drug-likeness (QED) is 0.355. The molecule has 0 aliphatic rings. The molecule has 3 N–H and O–H groups in total. The highest BCUT2D eigenvalue weighted by atomic mass is 16.4. The molecule has 0 fully saturated rings. The Morgan fingerprint density at radius 2 is 2.00 bits per heavy atom. The zero-order valence-electron chi connectivity index (χ0n) is 10.8. The maximum Gasteiger partial charge on any atom is 0.223 e. The molecule has 5 nitrogen and oxygen atoms in total. The van der Waals surface area contributed by atoms with Crippen LogP contribution in [-0.2, 0) is 11.2 Å². The van der Waals surface area contributed by atoms with E-state index in [9.17, 15) is 4.79 Å². The van der Waals surface area contributed by atoms with Crippen molar-refractivity contribution in [3.8, 4) is 0 Å². The molecule has 0 unspecified atom stereocenters. The van der Waals surface area contributed by atoms with Gasteiger partial charge in [0.25, 0.3) is 0 Å². The zero-order chi connectivity index (χ0) is 13.5. The van der Waals surface area contributed by atoms with Crippen LogP contribution in [0.4, 0.5) is 0 Å². The number of amidine groups is 1. The molecule has 0 atom stereocenters. The number of nitrogens with zero attached hydrogens (tertiary/aromatic N) is 2. The second kappa shape index (κ2) is 6.64. The lowest BCUT2D eigenvalue weighted by atomic mass is 10.1. The fraction of sp³-hybridized carbons (Fsp3) is 0.385. The van der Waals surface area contributed by atoms with E-state index in [1.165, 1.54) is 10.5 Å². The molecular weight excluding hydrogens is 230 g/mol. The Labute approximate surface area is 107 Å². The summed E-state index contributed by atoms with van der Waals surface area (Å²) in [5.41, 5.74) is 7.68. The average Bonchev–Trinajstić information content (AvgIpc) is 2.37. The van der Waals surface area contributed by atoms with Crippen molar-refractivity contribution in [3.05, 3.63) is 35.4 Å². The lowest BCUT2D eigenvalue weighted by Gasteiger charge is -2.16. The fourth-order valence-corrected chi connectivity index (χ4v) is 1.56. The molecule has 0 aliphatic carbocycles. The summed E-state index contributed by atoms with van der Waals surface area (Å²) in [7, 11) is 1.63. The highest BCUT2D eigenvalue weighted by molar-refractivity contribution is 5.86. The first-order valence-corrected chi connectivity index (χ1v) is 5.79. The first-order valence-electron chi connectivity index (χ1n) is 5.79. The van der Waals surface area contributed by atoms with Crippen LogP contribution in [0.2, 0.25) is 0 Å². The molecule has 0 radical (unpaired) electrons. The maximum absolute atomic E-state index is 11.8. The standard InChI is InChI=1S/C13H19N3O2/c1-10-3-5-11(6-4-10)7-8-13(17)16(2)9-12(14)15-18/h3-6,18H,7-9H2,1-2H3,(H2,14,15). The fourth-order valence-electron chi connectivity index (χ4n) is 1.56. The summed E-state index contributed by atoms with van der Waals surface area (Å²) in [5, 5.41) is 11.3. The van der Waals surface area contributed by atoms with Crippen molar-refractivity contribution in [2.45, 2.75) is 19.8 Å². The van der Waals surface area contributed by atoms with Crippen LogP contribution in [-0.4, -0.2) is 35.4 Å². The van der Waals surface area contributed by atoms with Crippen molar-refractivity contribution < 1.29 is 10.0 Å². The Hall–Kier alpha value is -2.04. The van der Waals surface area contributed by atoms with Gasteiger partial charge in [-0.3, -0.25) is 4.79 Å². The van der Waals surface area contributed by atoms with E-state index in [1.54, 1.807) is 7.05 Å². The maximum atomic E-state index is 11.8. The minimum atomic E-state index is -0.0258. The van der Waals surface area contributed by atoms with E-state index in [-0.39, 0.29) is 18.3 Å². The third kappa shape index (κ3) is 4.45. The van der Waals surface area contributed by atoms with Crippen LogP contribution in [0.3, 0.4) is 0 Å². The van der Waals surface area contributed by atoms with E-state index in [4.69, 9.17) is 10.9 Å². The second-order valence-corrected chi connectivity index (χ2v) is 4.33. The van der Waals surface area contributed by atoms with Crippen LogP contribution in [0.25, 0.3) is 0 Å². The number of rotatable bonds is 5. The third-order valence-electron chi connectivity index (χ3n) is 2.70. The van der Waals surface area contributed by atoms with E-state index >= 15 is 0 Å². The Balaban J connectivity index is 2.43. The zero-order valence-corrected chi connectivity index (χ0v) is 10.8. The molecule has 1 aromatic carbocycles. The van der Waals surface area contributed by atoms with Crippen LogP contribution in [0.1, 0.15) is 17.5 Å². The largest absolute Gasteiger partial charge is 0.409 e. The molecule has 1 aromatic rings. The van der Waals surface area contributed by atoms with E-state index < -0.39 is 0 Å². The second-order valence-electron chi connectivity index (χ2n) is 4.33. The first kappa shape index (κ1) is 14.0. The minimum absolute atomic E-state index is 0.0258. The van der Waals surface area contributed by atoms with Crippen molar-refractivity contribution in [3.63, 3.8) is 0 Å². The number of likely N-dealkylation sites (N-methyl/N-ethyl adjacent to an activating group) is 1. The van der Waals surface area contributed by atoms with Crippen molar-refractivity contribution in [2.24, 2.45) is 10.9 Å². The Morgan fingerprint density at radius 1 is 1.39 bits per heavy atom. The third-order valence-corrected chi connectivity index (χ3v) is 2.70. The minimum Gasteiger partial charge on any atom is -0.409 e. The highest BCUT2D eigenvalue weighted by Crippen LogP contribution is 2.06. The van der Waals surface area contributed by atoms with Crippen LogP contribution >= 0.6 is 0 Å². The number of benzene rings is 1. The molecule has 18 heavy (non-hydrogen) atoms. The van der Waals surface area contributed by atoms with Gasteiger partial charge in [-0.05, 0) is 18.9 Å². The van der Waals surface area contributed by atoms with Gasteiger partial charge in [0.15, 0.2) is 5.84 Å². The van der Waals surface area contributed by atoms with Crippen molar-refractivity contribution in [2.75, 3.05) is 13.6 Å². The monoisotopic (exact) mass is 249 g/mol. The van der Waals surface area contributed by atoms with Gasteiger partial charge >= 0.3 is 0 Å². The molecule has 98 valence electrons. The Kier molecular flexibility index (Phi) is 5.17. The van der Waals surface area contributed by atoms with Gasteiger partial charge in [0, 0.05) is 13.5 Å². The van der Waals surface area contributed by atoms with E-state index in [1.807, 2.05) is 31.2 Å². The predicted molar refractivity (Wildman–Crippen MR) is 70.5 cm³/mol. The summed E-state index contributed by atoms with van der Waals surface area (Å²) < 4.78 is 0. The van der Waals surface area contributed by atoms with Gasteiger partial charge in [-0.25, -0.2) is 0 Å². The number of carbonyl (C=O) groups excluding carboxylic acids is 1. The van der Waals surface area contributed by atoms with Crippen LogP contribution in [0.15, 0.2) is 29.4 Å². The van der Waals surface area contributed by atoms with Crippen molar-refractivity contribution in [1.29, 1.82) is 0 Å². The van der Waals surface area contributed by atoms with Gasteiger partial charge in [0.1, 0.15) is 0 Å². The van der Waals surface area contributed by atoms with Gasteiger partial charge in [0.2, 0.25) is 5.91 Å². The summed E-state index contributed by atoms with van der Waals surface area (Å²) in [4.78, 5) is 13.2. The number of hydrogen-bond acceptors (Lipinski definition) is 3. The molecule has 0 aromatic heterocycles. The van der Waals surface area contributed by atoms with Gasteiger partial charge in [-0.15, -0.1) is 0 Å². The van der Waals surface area contributed by atoms with Crippen LogP contribution in [0.5, 0.6) is 0 Å². The van der Waals surface area contributed by atoms with Crippen molar-refractivity contribution in [1.82, 2.24) is 4.90 Å². The molecule has 0 saturated carbocycles. The molecular formula is C13H19N3O2. The van der Waals surface area contributed by atoms with Gasteiger partial charge in [-0.2, -0.15) is 0 Å². The topological polar surface area (TPSA) is 78.9 Å². The number of aryl methyl sites for hydroxylation is 2. The molecule has 1 amide bonds. The highest BCUT2D eigenvalue weighted by Gasteiger charge is 2.10.